The molecule has 1 amide bonds. The van der Waals surface area contributed by atoms with Crippen LogP contribution in [0.4, 0.5) is 5.69 Å². The third-order valence-corrected chi connectivity index (χ3v) is 6.86. The maximum Gasteiger partial charge on any atom is 0.244 e. The molecule has 1 N–H and O–H groups in total. The Kier molecular flexibility index (Phi) is 5.47. The third kappa shape index (κ3) is 4.63. The second-order valence-corrected chi connectivity index (χ2v) is 9.16. The van der Waals surface area contributed by atoms with Gasteiger partial charge in [0, 0.05) is 18.7 Å². The largest absolute Gasteiger partial charge is 0.350 e. The summed E-state index contributed by atoms with van der Waals surface area (Å²) in [5.74, 6) is 0.831. The van der Waals surface area contributed by atoms with Gasteiger partial charge in [0.2, 0.25) is 15.9 Å². The van der Waals surface area contributed by atoms with E-state index in [4.69, 9.17) is 0 Å². The molecular formula is C19H26N2O3S. The molecule has 6 heteroatoms. The highest BCUT2D eigenvalue weighted by Crippen LogP contribution is 2.25. The van der Waals surface area contributed by atoms with Crippen LogP contribution in [-0.2, 0) is 14.8 Å². The van der Waals surface area contributed by atoms with E-state index in [1.165, 1.54) is 17.1 Å². The van der Waals surface area contributed by atoms with Gasteiger partial charge in [0.15, 0.2) is 0 Å². The Bertz CT molecular complexity index is 740. The van der Waals surface area contributed by atoms with Gasteiger partial charge in [0.25, 0.3) is 0 Å². The SMILES string of the molecule is CC1CCCC(NC(=O)/C=C/c2ccc(N3CCCS3(=O)=O)cc2)C1. The number of hydrogen-bond donors (Lipinski definition) is 1. The van der Waals surface area contributed by atoms with Crippen molar-refractivity contribution in [2.45, 2.75) is 45.1 Å². The van der Waals surface area contributed by atoms with Crippen molar-refractivity contribution in [1.82, 2.24) is 5.32 Å². The van der Waals surface area contributed by atoms with E-state index in [9.17, 15) is 13.2 Å². The fraction of sp³-hybridized carbons (Fsp3) is 0.526. The number of rotatable bonds is 4. The standard InChI is InChI=1S/C19H26N2O3S/c1-15-4-2-5-17(14-15)20-19(22)11-8-16-6-9-18(10-7-16)21-12-3-13-25(21,23)24/h6-11,15,17H,2-5,12-14H2,1H3,(H,20,22)/b11-8+. The maximum absolute atomic E-state index is 12.1. The van der Waals surface area contributed by atoms with Crippen LogP contribution in [0.15, 0.2) is 30.3 Å². The molecule has 1 aliphatic carbocycles. The maximum atomic E-state index is 12.1. The van der Waals surface area contributed by atoms with Crippen molar-refractivity contribution >= 4 is 27.7 Å². The smallest absolute Gasteiger partial charge is 0.244 e. The number of carbonyl (C=O) groups is 1. The molecule has 1 heterocycles. The number of hydrogen-bond acceptors (Lipinski definition) is 3. The van der Waals surface area contributed by atoms with Gasteiger partial charge in [-0.15, -0.1) is 0 Å². The van der Waals surface area contributed by atoms with Gasteiger partial charge < -0.3 is 5.32 Å². The Hall–Kier alpha value is -1.82. The highest BCUT2D eigenvalue weighted by atomic mass is 32.2. The zero-order chi connectivity index (χ0) is 17.9. The monoisotopic (exact) mass is 362 g/mol. The van der Waals surface area contributed by atoms with Crippen molar-refractivity contribution in [3.8, 4) is 0 Å². The molecule has 2 fully saturated rings. The normalized spacial score (nSPS) is 26.0. The van der Waals surface area contributed by atoms with E-state index in [0.717, 1.165) is 18.4 Å². The van der Waals surface area contributed by atoms with Gasteiger partial charge in [-0.1, -0.05) is 31.9 Å². The molecule has 2 unspecified atom stereocenters. The van der Waals surface area contributed by atoms with Crippen LogP contribution >= 0.6 is 0 Å². The minimum Gasteiger partial charge on any atom is -0.350 e. The van der Waals surface area contributed by atoms with E-state index in [1.54, 1.807) is 24.3 Å². The second-order valence-electron chi connectivity index (χ2n) is 7.14. The predicted octanol–water partition coefficient (Wildman–Crippen LogP) is 2.93. The van der Waals surface area contributed by atoms with Crippen molar-refractivity contribution in [3.63, 3.8) is 0 Å². The summed E-state index contributed by atoms with van der Waals surface area (Å²) in [5, 5.41) is 3.07. The van der Waals surface area contributed by atoms with Crippen molar-refractivity contribution in [2.75, 3.05) is 16.6 Å². The molecule has 2 atom stereocenters. The Morgan fingerprint density at radius 2 is 1.96 bits per heavy atom. The van der Waals surface area contributed by atoms with Crippen LogP contribution in [0.3, 0.4) is 0 Å². The summed E-state index contributed by atoms with van der Waals surface area (Å²) in [7, 11) is -3.15. The van der Waals surface area contributed by atoms with Crippen LogP contribution in [0.1, 0.15) is 44.6 Å². The van der Waals surface area contributed by atoms with E-state index in [0.29, 0.717) is 24.6 Å². The molecule has 1 aliphatic heterocycles. The number of sulfonamides is 1. The first-order chi connectivity index (χ1) is 11.9. The minimum atomic E-state index is -3.15. The Morgan fingerprint density at radius 3 is 2.60 bits per heavy atom. The summed E-state index contributed by atoms with van der Waals surface area (Å²) in [5.41, 5.74) is 1.57. The molecule has 136 valence electrons. The molecule has 5 nitrogen and oxygen atoms in total. The van der Waals surface area contributed by atoms with Crippen LogP contribution in [0, 0.1) is 5.92 Å². The first kappa shape index (κ1) is 18.0. The van der Waals surface area contributed by atoms with Gasteiger partial charge in [0.05, 0.1) is 11.4 Å². The molecule has 1 aromatic carbocycles. The van der Waals surface area contributed by atoms with Gasteiger partial charge in [-0.3, -0.25) is 9.10 Å². The van der Waals surface area contributed by atoms with Gasteiger partial charge in [-0.25, -0.2) is 8.42 Å². The van der Waals surface area contributed by atoms with E-state index in [2.05, 4.69) is 12.2 Å². The summed E-state index contributed by atoms with van der Waals surface area (Å²) in [6.07, 6.45) is 8.54. The zero-order valence-corrected chi connectivity index (χ0v) is 15.5. The second kappa shape index (κ2) is 7.60. The summed E-state index contributed by atoms with van der Waals surface area (Å²) in [4.78, 5) is 12.1. The Labute approximate surface area is 150 Å². The minimum absolute atomic E-state index is 0.0645. The molecular weight excluding hydrogens is 336 g/mol. The van der Waals surface area contributed by atoms with Crippen LogP contribution in [0.2, 0.25) is 0 Å². The van der Waals surface area contributed by atoms with Crippen LogP contribution in [0.25, 0.3) is 6.08 Å². The molecule has 1 aromatic rings. The third-order valence-electron chi connectivity index (χ3n) is 4.99. The lowest BCUT2D eigenvalue weighted by Crippen LogP contribution is -2.36. The topological polar surface area (TPSA) is 66.5 Å². The van der Waals surface area contributed by atoms with Crippen LogP contribution in [-0.4, -0.2) is 32.7 Å². The van der Waals surface area contributed by atoms with Crippen LogP contribution in [0.5, 0.6) is 0 Å². The van der Waals surface area contributed by atoms with Crippen molar-refractivity contribution < 1.29 is 13.2 Å². The molecule has 2 aliphatic rings. The number of amides is 1. The molecule has 1 saturated heterocycles. The number of anilines is 1. The van der Waals surface area contributed by atoms with E-state index >= 15 is 0 Å². The Balaban J connectivity index is 1.57. The van der Waals surface area contributed by atoms with Crippen molar-refractivity contribution in [2.24, 2.45) is 5.92 Å². The molecule has 0 bridgehead atoms. The number of carbonyl (C=O) groups excluding carboxylic acids is 1. The molecule has 0 spiro atoms. The average Bonchev–Trinajstić information content (AvgIpc) is 2.93. The zero-order valence-electron chi connectivity index (χ0n) is 14.6. The lowest BCUT2D eigenvalue weighted by molar-refractivity contribution is -0.117. The van der Waals surface area contributed by atoms with E-state index in [1.807, 2.05) is 12.1 Å². The van der Waals surface area contributed by atoms with E-state index in [-0.39, 0.29) is 17.7 Å². The highest BCUT2D eigenvalue weighted by molar-refractivity contribution is 7.93. The number of nitrogens with one attached hydrogen (secondary N) is 1. The average molecular weight is 362 g/mol. The first-order valence-corrected chi connectivity index (χ1v) is 10.6. The molecule has 0 aromatic heterocycles. The molecule has 25 heavy (non-hydrogen) atoms. The lowest BCUT2D eigenvalue weighted by Gasteiger charge is -2.26. The summed E-state index contributed by atoms with van der Waals surface area (Å²) in [6, 6.07) is 7.56. The summed E-state index contributed by atoms with van der Waals surface area (Å²) >= 11 is 0. The quantitative estimate of drug-likeness (QED) is 0.838. The highest BCUT2D eigenvalue weighted by Gasteiger charge is 2.28. The number of benzene rings is 1. The van der Waals surface area contributed by atoms with E-state index < -0.39 is 10.0 Å². The lowest BCUT2D eigenvalue weighted by atomic mass is 9.87. The van der Waals surface area contributed by atoms with Crippen LogP contribution < -0.4 is 9.62 Å². The molecule has 1 saturated carbocycles. The van der Waals surface area contributed by atoms with Gasteiger partial charge >= 0.3 is 0 Å². The summed E-state index contributed by atoms with van der Waals surface area (Å²) in [6.45, 7) is 2.77. The summed E-state index contributed by atoms with van der Waals surface area (Å²) < 4.78 is 25.3. The molecule has 3 rings (SSSR count). The van der Waals surface area contributed by atoms with Gasteiger partial charge in [-0.2, -0.15) is 0 Å². The number of nitrogens with zero attached hydrogens (tertiary/aromatic N) is 1. The van der Waals surface area contributed by atoms with Gasteiger partial charge in [-0.05, 0) is 49.0 Å². The fourth-order valence-electron chi connectivity index (χ4n) is 3.67. The first-order valence-electron chi connectivity index (χ1n) is 9.03. The Morgan fingerprint density at radius 1 is 1.20 bits per heavy atom. The van der Waals surface area contributed by atoms with Crippen molar-refractivity contribution in [3.05, 3.63) is 35.9 Å². The molecule has 0 radical (unpaired) electrons. The fourth-order valence-corrected chi connectivity index (χ4v) is 5.23. The predicted molar refractivity (Wildman–Crippen MR) is 101 cm³/mol. The van der Waals surface area contributed by atoms with Gasteiger partial charge in [0.1, 0.15) is 0 Å². The van der Waals surface area contributed by atoms with Crippen molar-refractivity contribution in [1.29, 1.82) is 0 Å².